The number of ether oxygens (including phenoxy) is 2. The molecule has 1 aromatic heterocycles. The highest BCUT2D eigenvalue weighted by Crippen LogP contribution is 2.16. The highest BCUT2D eigenvalue weighted by Gasteiger charge is 2.24. The fourth-order valence-corrected chi connectivity index (χ4v) is 3.78. The molecule has 0 aliphatic carbocycles. The Balaban J connectivity index is 1.27. The number of amides is 2. The molecule has 2 fully saturated rings. The normalized spacial score (nSPS) is 19.1. The molecule has 31 heavy (non-hydrogen) atoms. The Morgan fingerprint density at radius 1 is 1.06 bits per heavy atom. The average Bonchev–Trinajstić information content (AvgIpc) is 3.32. The summed E-state index contributed by atoms with van der Waals surface area (Å²) in [6.45, 7) is 3.28. The number of aromatic nitrogens is 1. The smallest absolute Gasteiger partial charge is 0.255 e. The number of pyridine rings is 1. The van der Waals surface area contributed by atoms with Crippen LogP contribution in [0.3, 0.4) is 0 Å². The van der Waals surface area contributed by atoms with Gasteiger partial charge in [0.15, 0.2) is 0 Å². The molecule has 8 heteroatoms. The van der Waals surface area contributed by atoms with Gasteiger partial charge in [-0.05, 0) is 29.8 Å². The number of piperazine rings is 1. The van der Waals surface area contributed by atoms with E-state index in [-0.39, 0.29) is 17.9 Å². The van der Waals surface area contributed by atoms with Gasteiger partial charge in [0.1, 0.15) is 6.10 Å². The molecule has 3 heterocycles. The van der Waals surface area contributed by atoms with Gasteiger partial charge in [0.05, 0.1) is 18.8 Å². The van der Waals surface area contributed by atoms with Crippen molar-refractivity contribution in [3.8, 4) is 5.88 Å². The molecular weight excluding hydrogens is 462 g/mol. The van der Waals surface area contributed by atoms with Crippen molar-refractivity contribution >= 4 is 33.8 Å². The number of halogens is 1. The van der Waals surface area contributed by atoms with Crippen molar-refractivity contribution in [2.75, 3.05) is 39.4 Å². The molecule has 2 aromatic rings. The molecule has 0 bridgehead atoms. The summed E-state index contributed by atoms with van der Waals surface area (Å²) in [6, 6.07) is 11.2. The van der Waals surface area contributed by atoms with Gasteiger partial charge in [-0.3, -0.25) is 9.59 Å². The number of hydrogen-bond acceptors (Lipinski definition) is 5. The van der Waals surface area contributed by atoms with E-state index in [9.17, 15) is 9.59 Å². The molecule has 1 aromatic carbocycles. The molecule has 162 valence electrons. The van der Waals surface area contributed by atoms with Crippen molar-refractivity contribution in [1.29, 1.82) is 0 Å². The monoisotopic (exact) mass is 485 g/mol. The lowest BCUT2D eigenvalue weighted by atomic mass is 10.2. The lowest BCUT2D eigenvalue weighted by molar-refractivity contribution is -0.127. The summed E-state index contributed by atoms with van der Waals surface area (Å²) in [5, 5.41) is 0. The number of nitrogens with zero attached hydrogens (tertiary/aromatic N) is 3. The third-order valence-electron chi connectivity index (χ3n) is 5.33. The Hall–Kier alpha value is -2.71. The van der Waals surface area contributed by atoms with Gasteiger partial charge in [-0.25, -0.2) is 4.98 Å². The van der Waals surface area contributed by atoms with Gasteiger partial charge in [0, 0.05) is 55.4 Å². The number of rotatable bonds is 5. The summed E-state index contributed by atoms with van der Waals surface area (Å²) in [5.74, 6) is 0.370. The average molecular weight is 486 g/mol. The van der Waals surface area contributed by atoms with Gasteiger partial charge in [0.2, 0.25) is 11.8 Å². The number of hydrogen-bond donors (Lipinski definition) is 0. The van der Waals surface area contributed by atoms with Crippen LogP contribution in [0.5, 0.6) is 5.88 Å². The van der Waals surface area contributed by atoms with Crippen LogP contribution < -0.4 is 4.74 Å². The molecule has 2 aliphatic heterocycles. The summed E-state index contributed by atoms with van der Waals surface area (Å²) in [6.07, 6.45) is 5.81. The molecule has 0 radical (unpaired) electrons. The first-order valence-electron chi connectivity index (χ1n) is 10.3. The third-order valence-corrected chi connectivity index (χ3v) is 5.85. The first kappa shape index (κ1) is 21.5. The van der Waals surface area contributed by atoms with E-state index < -0.39 is 0 Å². The van der Waals surface area contributed by atoms with Crippen LogP contribution in [0.15, 0.2) is 53.1 Å². The van der Waals surface area contributed by atoms with E-state index in [4.69, 9.17) is 9.47 Å². The lowest BCUT2D eigenvalue weighted by Crippen LogP contribution is -2.50. The van der Waals surface area contributed by atoms with Crippen LogP contribution in [0.25, 0.3) is 6.08 Å². The second kappa shape index (κ2) is 10.1. The molecular formula is C23H24BrN3O4. The van der Waals surface area contributed by atoms with E-state index >= 15 is 0 Å². The van der Waals surface area contributed by atoms with Crippen LogP contribution >= 0.6 is 15.9 Å². The first-order valence-corrected chi connectivity index (χ1v) is 11.1. The zero-order valence-corrected chi connectivity index (χ0v) is 18.7. The van der Waals surface area contributed by atoms with Crippen LogP contribution in [-0.2, 0) is 9.53 Å². The highest BCUT2D eigenvalue weighted by atomic mass is 79.9. The molecule has 4 rings (SSSR count). The van der Waals surface area contributed by atoms with Crippen molar-refractivity contribution in [2.24, 2.45) is 0 Å². The minimum absolute atomic E-state index is 0.0254. The minimum Gasteiger partial charge on any atom is -0.472 e. The van der Waals surface area contributed by atoms with E-state index in [2.05, 4.69) is 20.9 Å². The molecule has 2 amide bonds. The van der Waals surface area contributed by atoms with Crippen LogP contribution in [0.1, 0.15) is 22.3 Å². The number of carbonyl (C=O) groups excluding carboxylic acids is 2. The zero-order valence-electron chi connectivity index (χ0n) is 17.1. The molecule has 2 saturated heterocycles. The van der Waals surface area contributed by atoms with Crippen LogP contribution in [0, 0.1) is 0 Å². The van der Waals surface area contributed by atoms with Gasteiger partial charge < -0.3 is 19.3 Å². The lowest BCUT2D eigenvalue weighted by Gasteiger charge is -2.34. The number of benzene rings is 1. The molecule has 2 aliphatic rings. The van der Waals surface area contributed by atoms with E-state index in [1.165, 1.54) is 0 Å². The predicted molar refractivity (Wildman–Crippen MR) is 120 cm³/mol. The van der Waals surface area contributed by atoms with E-state index in [0.717, 1.165) is 16.5 Å². The van der Waals surface area contributed by atoms with Crippen LogP contribution in [0.4, 0.5) is 0 Å². The second-order valence-electron chi connectivity index (χ2n) is 7.49. The number of carbonyl (C=O) groups is 2. The molecule has 0 spiro atoms. The minimum atomic E-state index is -0.0826. The largest absolute Gasteiger partial charge is 0.472 e. The molecule has 0 saturated carbocycles. The molecule has 7 nitrogen and oxygen atoms in total. The Kier molecular flexibility index (Phi) is 6.99. The quantitative estimate of drug-likeness (QED) is 0.608. The molecule has 1 unspecified atom stereocenters. The summed E-state index contributed by atoms with van der Waals surface area (Å²) in [5.41, 5.74) is 1.48. The summed E-state index contributed by atoms with van der Waals surface area (Å²) in [4.78, 5) is 33.0. The zero-order chi connectivity index (χ0) is 21.6. The van der Waals surface area contributed by atoms with Gasteiger partial charge in [0.25, 0.3) is 5.91 Å². The maximum Gasteiger partial charge on any atom is 0.255 e. The van der Waals surface area contributed by atoms with E-state index in [1.807, 2.05) is 24.3 Å². The van der Waals surface area contributed by atoms with Gasteiger partial charge in [-0.2, -0.15) is 0 Å². The first-order chi connectivity index (χ1) is 15.1. The van der Waals surface area contributed by atoms with Crippen molar-refractivity contribution in [2.45, 2.75) is 12.5 Å². The fourth-order valence-electron chi connectivity index (χ4n) is 3.51. The third kappa shape index (κ3) is 5.71. The van der Waals surface area contributed by atoms with Crippen molar-refractivity contribution < 1.29 is 19.1 Å². The van der Waals surface area contributed by atoms with Crippen molar-refractivity contribution in [3.05, 3.63) is 64.3 Å². The molecule has 1 atom stereocenters. The van der Waals surface area contributed by atoms with E-state index in [0.29, 0.717) is 50.8 Å². The van der Waals surface area contributed by atoms with Crippen molar-refractivity contribution in [3.63, 3.8) is 0 Å². The summed E-state index contributed by atoms with van der Waals surface area (Å²) < 4.78 is 12.0. The standard InChI is InChI=1S/C23H24BrN3O4/c24-19-5-1-17(2-6-19)3-8-22(28)26-10-12-27(13-11-26)23(29)18-4-7-21(25-15-18)31-20-9-14-30-16-20/h1-8,15,20H,9-14,16H2/b8-3+. The van der Waals surface area contributed by atoms with Crippen LogP contribution in [-0.4, -0.2) is 72.1 Å². The summed E-state index contributed by atoms with van der Waals surface area (Å²) in [7, 11) is 0. The Morgan fingerprint density at radius 2 is 1.81 bits per heavy atom. The topological polar surface area (TPSA) is 72.0 Å². The maximum absolute atomic E-state index is 12.8. The van der Waals surface area contributed by atoms with E-state index in [1.54, 1.807) is 40.3 Å². The predicted octanol–water partition coefficient (Wildman–Crippen LogP) is 3.01. The van der Waals surface area contributed by atoms with Crippen LogP contribution in [0.2, 0.25) is 0 Å². The van der Waals surface area contributed by atoms with Crippen molar-refractivity contribution in [1.82, 2.24) is 14.8 Å². The SMILES string of the molecule is O=C(/C=C/c1ccc(Br)cc1)N1CCN(C(=O)c2ccc(OC3CCOC3)nc2)CC1. The Labute approximate surface area is 189 Å². The Morgan fingerprint density at radius 3 is 2.45 bits per heavy atom. The summed E-state index contributed by atoms with van der Waals surface area (Å²) >= 11 is 3.40. The van der Waals surface area contributed by atoms with Gasteiger partial charge in [-0.15, -0.1) is 0 Å². The van der Waals surface area contributed by atoms with Gasteiger partial charge >= 0.3 is 0 Å². The Bertz CT molecular complexity index is 932. The fraction of sp³-hybridized carbons (Fsp3) is 0.348. The second-order valence-corrected chi connectivity index (χ2v) is 8.41. The highest BCUT2D eigenvalue weighted by molar-refractivity contribution is 9.10. The molecule has 0 N–H and O–H groups in total. The maximum atomic E-state index is 12.8. The van der Waals surface area contributed by atoms with Gasteiger partial charge in [-0.1, -0.05) is 28.1 Å².